The lowest BCUT2D eigenvalue weighted by Gasteiger charge is -2.01. The third kappa shape index (κ3) is 1.63. The molecule has 2 heterocycles. The zero-order valence-corrected chi connectivity index (χ0v) is 9.94. The number of H-pyrrole nitrogens is 1. The zero-order valence-electron chi connectivity index (χ0n) is 9.18. The maximum Gasteiger partial charge on any atom is 0.183 e. The van der Waals surface area contributed by atoms with Crippen LogP contribution in [0.15, 0.2) is 24.5 Å². The minimum Gasteiger partial charge on any atom is -0.398 e. The van der Waals surface area contributed by atoms with Crippen LogP contribution in [0.1, 0.15) is 0 Å². The van der Waals surface area contributed by atoms with Gasteiger partial charge in [-0.2, -0.15) is 0 Å². The summed E-state index contributed by atoms with van der Waals surface area (Å²) in [6.07, 6.45) is 1.37. The summed E-state index contributed by atoms with van der Waals surface area (Å²) < 4.78 is 0. The molecule has 0 aliphatic carbocycles. The summed E-state index contributed by atoms with van der Waals surface area (Å²) in [5.41, 5.74) is 14.0. The average molecular weight is 261 g/mol. The Labute approximate surface area is 107 Å². The number of hydrogen-bond donors (Lipinski definition) is 3. The van der Waals surface area contributed by atoms with E-state index in [1.54, 1.807) is 18.2 Å². The minimum absolute atomic E-state index is 0.353. The van der Waals surface area contributed by atoms with Crippen molar-refractivity contribution < 1.29 is 0 Å². The predicted molar refractivity (Wildman–Crippen MR) is 71.0 cm³/mol. The summed E-state index contributed by atoms with van der Waals surface area (Å²) in [7, 11) is 0. The molecule has 0 amide bonds. The number of anilines is 2. The highest BCUT2D eigenvalue weighted by molar-refractivity contribution is 6.31. The van der Waals surface area contributed by atoms with E-state index < -0.39 is 0 Å². The highest BCUT2D eigenvalue weighted by atomic mass is 35.5. The molecule has 90 valence electrons. The fourth-order valence-electron chi connectivity index (χ4n) is 1.72. The second kappa shape index (κ2) is 3.85. The number of benzene rings is 1. The molecule has 18 heavy (non-hydrogen) atoms. The van der Waals surface area contributed by atoms with Crippen molar-refractivity contribution in [3.05, 3.63) is 29.5 Å². The first-order valence-corrected chi connectivity index (χ1v) is 5.54. The lowest BCUT2D eigenvalue weighted by atomic mass is 10.2. The van der Waals surface area contributed by atoms with E-state index in [9.17, 15) is 0 Å². The van der Waals surface area contributed by atoms with Crippen LogP contribution in [0.5, 0.6) is 0 Å². The third-order valence-corrected chi connectivity index (χ3v) is 2.82. The van der Waals surface area contributed by atoms with Crippen molar-refractivity contribution in [2.45, 2.75) is 0 Å². The quantitative estimate of drug-likeness (QED) is 0.579. The van der Waals surface area contributed by atoms with Gasteiger partial charge in [0.05, 0.1) is 0 Å². The Balaban J connectivity index is 2.23. The molecule has 3 aromatic rings. The van der Waals surface area contributed by atoms with E-state index in [0.29, 0.717) is 33.5 Å². The highest BCUT2D eigenvalue weighted by Crippen LogP contribution is 2.28. The van der Waals surface area contributed by atoms with Crippen LogP contribution in [0.25, 0.3) is 22.6 Å². The van der Waals surface area contributed by atoms with Crippen LogP contribution in [0.4, 0.5) is 11.5 Å². The molecule has 0 aliphatic rings. The van der Waals surface area contributed by atoms with Gasteiger partial charge in [-0.15, -0.1) is 0 Å². The van der Waals surface area contributed by atoms with Gasteiger partial charge in [-0.05, 0) is 18.2 Å². The molecule has 0 atom stereocenters. The van der Waals surface area contributed by atoms with Crippen molar-refractivity contribution in [1.82, 2.24) is 19.9 Å². The number of halogens is 1. The van der Waals surface area contributed by atoms with Crippen LogP contribution >= 0.6 is 11.6 Å². The molecule has 0 bridgehead atoms. The van der Waals surface area contributed by atoms with E-state index in [0.717, 1.165) is 5.56 Å². The first-order valence-electron chi connectivity index (χ1n) is 5.17. The summed E-state index contributed by atoms with van der Waals surface area (Å²) >= 11 is 5.86. The third-order valence-electron chi connectivity index (χ3n) is 2.59. The Bertz CT molecular complexity index is 735. The Morgan fingerprint density at radius 1 is 1.17 bits per heavy atom. The lowest BCUT2D eigenvalue weighted by molar-refractivity contribution is 1.21. The van der Waals surface area contributed by atoms with Gasteiger partial charge in [0, 0.05) is 16.3 Å². The van der Waals surface area contributed by atoms with Crippen LogP contribution in [0.2, 0.25) is 5.02 Å². The van der Waals surface area contributed by atoms with Crippen molar-refractivity contribution in [1.29, 1.82) is 0 Å². The number of aromatic amines is 1. The number of nitrogens with one attached hydrogen (secondary N) is 1. The largest absolute Gasteiger partial charge is 0.398 e. The Hall–Kier alpha value is -2.34. The van der Waals surface area contributed by atoms with Crippen LogP contribution in [-0.2, 0) is 0 Å². The minimum atomic E-state index is 0.353. The van der Waals surface area contributed by atoms with E-state index >= 15 is 0 Å². The number of nitrogens with zero attached hydrogens (tertiary/aromatic N) is 3. The molecule has 6 nitrogen and oxygen atoms in total. The van der Waals surface area contributed by atoms with Gasteiger partial charge < -0.3 is 16.5 Å². The van der Waals surface area contributed by atoms with Crippen molar-refractivity contribution in [3.8, 4) is 11.4 Å². The summed E-state index contributed by atoms with van der Waals surface area (Å²) in [6, 6.07) is 5.20. The van der Waals surface area contributed by atoms with E-state index in [4.69, 9.17) is 23.1 Å². The molecule has 5 N–H and O–H groups in total. The Morgan fingerprint density at radius 2 is 2.00 bits per heavy atom. The number of nitrogens with two attached hydrogens (primary N) is 2. The van der Waals surface area contributed by atoms with E-state index in [-0.39, 0.29) is 0 Å². The molecule has 0 aliphatic heterocycles. The molecule has 0 spiro atoms. The topological polar surface area (TPSA) is 106 Å². The Morgan fingerprint density at radius 3 is 2.72 bits per heavy atom. The fraction of sp³-hybridized carbons (Fsp3) is 0. The first-order chi connectivity index (χ1) is 8.65. The Kier molecular flexibility index (Phi) is 2.31. The van der Waals surface area contributed by atoms with Gasteiger partial charge in [0.2, 0.25) is 0 Å². The standard InChI is InChI=1S/C11H9ClN6/c12-5-1-2-6(7(13)3-5)10-17-8-9(14)15-4-16-11(8)18-10/h1-4H,13H2,(H3,14,15,16,17,18). The zero-order chi connectivity index (χ0) is 12.7. The van der Waals surface area contributed by atoms with Gasteiger partial charge in [0.25, 0.3) is 0 Å². The van der Waals surface area contributed by atoms with Gasteiger partial charge >= 0.3 is 0 Å². The van der Waals surface area contributed by atoms with Gasteiger partial charge in [0.15, 0.2) is 11.5 Å². The molecule has 7 heteroatoms. The summed E-state index contributed by atoms with van der Waals surface area (Å²) in [4.78, 5) is 15.3. The maximum absolute atomic E-state index is 5.90. The summed E-state index contributed by atoms with van der Waals surface area (Å²) in [5, 5.41) is 0.576. The van der Waals surface area contributed by atoms with E-state index in [1.807, 2.05) is 0 Å². The number of hydrogen-bond acceptors (Lipinski definition) is 5. The average Bonchev–Trinajstić information content (AvgIpc) is 2.74. The van der Waals surface area contributed by atoms with E-state index in [1.165, 1.54) is 6.33 Å². The maximum atomic E-state index is 5.90. The molecule has 0 radical (unpaired) electrons. The smallest absolute Gasteiger partial charge is 0.183 e. The van der Waals surface area contributed by atoms with Gasteiger partial charge in [0.1, 0.15) is 17.7 Å². The lowest BCUT2D eigenvalue weighted by Crippen LogP contribution is -1.92. The molecule has 0 unspecified atom stereocenters. The number of nitrogen functional groups attached to an aromatic ring is 2. The molecular weight excluding hydrogens is 252 g/mol. The predicted octanol–water partition coefficient (Wildman–Crippen LogP) is 1.84. The monoisotopic (exact) mass is 260 g/mol. The molecule has 2 aromatic heterocycles. The molecule has 1 aromatic carbocycles. The van der Waals surface area contributed by atoms with Gasteiger partial charge in [-0.1, -0.05) is 11.6 Å². The van der Waals surface area contributed by atoms with Crippen molar-refractivity contribution in [3.63, 3.8) is 0 Å². The van der Waals surface area contributed by atoms with Crippen molar-refractivity contribution in [2.75, 3.05) is 11.5 Å². The number of rotatable bonds is 1. The summed E-state index contributed by atoms with van der Waals surface area (Å²) in [6.45, 7) is 0. The molecule has 0 saturated heterocycles. The van der Waals surface area contributed by atoms with Crippen LogP contribution in [0, 0.1) is 0 Å². The van der Waals surface area contributed by atoms with Crippen molar-refractivity contribution in [2.24, 2.45) is 0 Å². The fourth-order valence-corrected chi connectivity index (χ4v) is 1.90. The molecule has 3 rings (SSSR count). The number of aromatic nitrogens is 4. The normalized spacial score (nSPS) is 10.9. The summed E-state index contributed by atoms with van der Waals surface area (Å²) in [5.74, 6) is 0.942. The molecular formula is C11H9ClN6. The van der Waals surface area contributed by atoms with Crippen molar-refractivity contribution >= 4 is 34.3 Å². The number of fused-ring (bicyclic) bond motifs is 1. The number of imidazole rings is 1. The highest BCUT2D eigenvalue weighted by Gasteiger charge is 2.11. The SMILES string of the molecule is Nc1cc(Cl)ccc1-c1nc2ncnc(N)c2[nH]1. The van der Waals surface area contributed by atoms with Crippen LogP contribution in [-0.4, -0.2) is 19.9 Å². The molecule has 0 fully saturated rings. The second-order valence-electron chi connectivity index (χ2n) is 3.77. The van der Waals surface area contributed by atoms with Crippen LogP contribution in [0.3, 0.4) is 0 Å². The second-order valence-corrected chi connectivity index (χ2v) is 4.21. The van der Waals surface area contributed by atoms with Crippen LogP contribution < -0.4 is 11.5 Å². The van der Waals surface area contributed by atoms with E-state index in [2.05, 4.69) is 19.9 Å². The van der Waals surface area contributed by atoms with Gasteiger partial charge in [-0.3, -0.25) is 0 Å². The first kappa shape index (κ1) is 10.8. The van der Waals surface area contributed by atoms with Gasteiger partial charge in [-0.25, -0.2) is 15.0 Å². The molecule has 0 saturated carbocycles.